The molecule has 1 fully saturated rings. The number of hydrogen-bond acceptors (Lipinski definition) is 3. The van der Waals surface area contributed by atoms with Crippen LogP contribution in [0.25, 0.3) is 0 Å². The van der Waals surface area contributed by atoms with Gasteiger partial charge in [0.2, 0.25) is 5.91 Å². The van der Waals surface area contributed by atoms with Crippen LogP contribution in [-0.4, -0.2) is 33.6 Å². The number of carboxylic acids is 1. The summed E-state index contributed by atoms with van der Waals surface area (Å²) in [5.74, 6) is -1.69. The number of aryl methyl sites for hydroxylation is 1. The standard InChI is InChI=1S/C22H26ClN3O3/c1-21(2,3)11-16-22(13-8-7-12(23)10-14(13)24-20(22)29)17(18(25-16)19(27)28)15-6-5-9-26(15)4/h5-10,16-18,25H,11H2,1-4H3,(H,24,29)(H,27,28)/t16-,17+,18-,22+/m1/s1. The van der Waals surface area contributed by atoms with Crippen LogP contribution in [0.3, 0.4) is 0 Å². The number of aliphatic carboxylic acids is 1. The molecule has 2 aliphatic rings. The minimum atomic E-state index is -1.04. The van der Waals surface area contributed by atoms with Crippen LogP contribution in [0.5, 0.6) is 0 Å². The van der Waals surface area contributed by atoms with E-state index in [1.54, 1.807) is 12.1 Å². The Kier molecular flexibility index (Phi) is 4.55. The number of aromatic nitrogens is 1. The molecule has 1 aromatic carbocycles. The maximum absolute atomic E-state index is 13.7. The van der Waals surface area contributed by atoms with Crippen molar-refractivity contribution in [3.05, 3.63) is 52.8 Å². The highest BCUT2D eigenvalue weighted by Gasteiger charge is 2.66. The molecule has 4 rings (SSSR count). The highest BCUT2D eigenvalue weighted by Crippen LogP contribution is 2.56. The fourth-order valence-corrected chi connectivity index (χ4v) is 5.33. The normalized spacial score (nSPS) is 28.6. The van der Waals surface area contributed by atoms with E-state index in [0.717, 1.165) is 11.3 Å². The van der Waals surface area contributed by atoms with Crippen molar-refractivity contribution in [1.29, 1.82) is 0 Å². The maximum Gasteiger partial charge on any atom is 0.321 e. The SMILES string of the molecule is Cn1cccc1[C@H]1[C@H](C(=O)O)N[C@H](CC(C)(C)C)[C@]12C(=O)Nc1cc(Cl)ccc12. The lowest BCUT2D eigenvalue weighted by Gasteiger charge is -2.37. The Labute approximate surface area is 175 Å². The number of carbonyl (C=O) groups is 2. The van der Waals surface area contributed by atoms with Crippen molar-refractivity contribution >= 4 is 29.2 Å². The number of nitrogens with one attached hydrogen (secondary N) is 2. The summed E-state index contributed by atoms with van der Waals surface area (Å²) in [5, 5.41) is 16.9. The minimum Gasteiger partial charge on any atom is -0.480 e. The van der Waals surface area contributed by atoms with Crippen molar-refractivity contribution in [3.63, 3.8) is 0 Å². The van der Waals surface area contributed by atoms with Crippen LogP contribution in [0.4, 0.5) is 5.69 Å². The number of rotatable bonds is 3. The van der Waals surface area contributed by atoms with E-state index in [9.17, 15) is 14.7 Å². The van der Waals surface area contributed by atoms with E-state index in [-0.39, 0.29) is 17.4 Å². The molecule has 0 unspecified atom stereocenters. The highest BCUT2D eigenvalue weighted by atomic mass is 35.5. The van der Waals surface area contributed by atoms with Crippen LogP contribution in [0.1, 0.15) is 44.4 Å². The van der Waals surface area contributed by atoms with Crippen LogP contribution in [0, 0.1) is 5.41 Å². The number of fused-ring (bicyclic) bond motifs is 2. The van der Waals surface area contributed by atoms with Crippen molar-refractivity contribution in [1.82, 2.24) is 9.88 Å². The van der Waals surface area contributed by atoms with Crippen LogP contribution in [0.15, 0.2) is 36.5 Å². The first-order valence-corrected chi connectivity index (χ1v) is 10.1. The number of carboxylic acid groups (broad SMARTS) is 1. The highest BCUT2D eigenvalue weighted by molar-refractivity contribution is 6.31. The van der Waals surface area contributed by atoms with Gasteiger partial charge in [0.05, 0.1) is 0 Å². The Morgan fingerprint density at radius 3 is 2.62 bits per heavy atom. The molecule has 1 aromatic heterocycles. The number of nitrogens with zero attached hydrogens (tertiary/aromatic N) is 1. The second kappa shape index (κ2) is 6.61. The van der Waals surface area contributed by atoms with Crippen LogP contribution in [-0.2, 0) is 22.1 Å². The molecule has 7 heteroatoms. The second-order valence-corrected chi connectivity index (χ2v) is 9.77. The van der Waals surface area contributed by atoms with Crippen molar-refractivity contribution in [2.75, 3.05) is 5.32 Å². The molecule has 3 heterocycles. The lowest BCUT2D eigenvalue weighted by atomic mass is 9.63. The smallest absolute Gasteiger partial charge is 0.321 e. The van der Waals surface area contributed by atoms with Gasteiger partial charge in [-0.1, -0.05) is 38.4 Å². The third kappa shape index (κ3) is 2.97. The Morgan fingerprint density at radius 2 is 2.03 bits per heavy atom. The molecule has 6 nitrogen and oxygen atoms in total. The van der Waals surface area contributed by atoms with Crippen molar-refractivity contribution in [2.24, 2.45) is 12.5 Å². The molecule has 1 saturated heterocycles. The van der Waals surface area contributed by atoms with E-state index < -0.39 is 23.3 Å². The molecule has 0 bridgehead atoms. The fourth-order valence-electron chi connectivity index (χ4n) is 5.16. The first-order chi connectivity index (χ1) is 13.6. The van der Waals surface area contributed by atoms with Crippen molar-refractivity contribution in [2.45, 2.75) is 50.6 Å². The topological polar surface area (TPSA) is 83.4 Å². The third-order valence-corrected chi connectivity index (χ3v) is 6.43. The largest absolute Gasteiger partial charge is 0.480 e. The minimum absolute atomic E-state index is 0.105. The molecule has 2 aromatic rings. The van der Waals surface area contributed by atoms with Gasteiger partial charge in [-0.15, -0.1) is 0 Å². The number of hydrogen-bond donors (Lipinski definition) is 3. The van der Waals surface area contributed by atoms with Gasteiger partial charge >= 0.3 is 5.97 Å². The van der Waals surface area contributed by atoms with Gasteiger partial charge < -0.3 is 15.0 Å². The Bertz CT molecular complexity index is 993. The number of anilines is 1. The van der Waals surface area contributed by atoms with E-state index in [4.69, 9.17) is 11.6 Å². The fraction of sp³-hybridized carbons (Fsp3) is 0.455. The Morgan fingerprint density at radius 1 is 1.31 bits per heavy atom. The number of halogens is 1. The molecule has 3 N–H and O–H groups in total. The van der Waals surface area contributed by atoms with Gasteiger partial charge in [0.15, 0.2) is 0 Å². The lowest BCUT2D eigenvalue weighted by Crippen LogP contribution is -2.49. The van der Waals surface area contributed by atoms with Crippen LogP contribution in [0.2, 0.25) is 5.02 Å². The predicted octanol–water partition coefficient (Wildman–Crippen LogP) is 3.51. The molecule has 1 spiro atoms. The van der Waals surface area contributed by atoms with E-state index in [1.165, 1.54) is 0 Å². The summed E-state index contributed by atoms with van der Waals surface area (Å²) in [7, 11) is 1.88. The van der Waals surface area contributed by atoms with E-state index in [2.05, 4.69) is 31.4 Å². The first-order valence-electron chi connectivity index (χ1n) is 9.77. The van der Waals surface area contributed by atoms with Gasteiger partial charge in [-0.2, -0.15) is 0 Å². The molecule has 29 heavy (non-hydrogen) atoms. The Hall–Kier alpha value is -2.31. The van der Waals surface area contributed by atoms with Gasteiger partial charge in [0.25, 0.3) is 0 Å². The van der Waals surface area contributed by atoms with E-state index in [0.29, 0.717) is 17.1 Å². The van der Waals surface area contributed by atoms with E-state index >= 15 is 0 Å². The zero-order valence-corrected chi connectivity index (χ0v) is 17.7. The average molecular weight is 416 g/mol. The van der Waals surface area contributed by atoms with Crippen molar-refractivity contribution in [3.8, 4) is 0 Å². The molecular formula is C22H26ClN3O3. The van der Waals surface area contributed by atoms with Gasteiger partial charge in [0, 0.05) is 41.6 Å². The second-order valence-electron chi connectivity index (χ2n) is 9.33. The molecule has 0 radical (unpaired) electrons. The number of carbonyl (C=O) groups excluding carboxylic acids is 1. The molecule has 2 aliphatic heterocycles. The number of benzene rings is 1. The molecule has 1 amide bonds. The summed E-state index contributed by atoms with van der Waals surface area (Å²) in [6.45, 7) is 6.30. The summed E-state index contributed by atoms with van der Waals surface area (Å²) in [5.41, 5.74) is 1.14. The van der Waals surface area contributed by atoms with Gasteiger partial charge in [0.1, 0.15) is 11.5 Å². The van der Waals surface area contributed by atoms with Gasteiger partial charge in [-0.05, 0) is 41.7 Å². The first kappa shape index (κ1) is 20.0. The van der Waals surface area contributed by atoms with E-state index in [1.807, 2.05) is 36.0 Å². The monoisotopic (exact) mass is 415 g/mol. The summed E-state index contributed by atoms with van der Waals surface area (Å²) >= 11 is 6.18. The summed E-state index contributed by atoms with van der Waals surface area (Å²) in [6, 6.07) is 7.95. The molecule has 0 aliphatic carbocycles. The van der Waals surface area contributed by atoms with Gasteiger partial charge in [-0.3, -0.25) is 14.9 Å². The number of amides is 1. The third-order valence-electron chi connectivity index (χ3n) is 6.19. The molecular weight excluding hydrogens is 390 g/mol. The van der Waals surface area contributed by atoms with Crippen molar-refractivity contribution < 1.29 is 14.7 Å². The maximum atomic E-state index is 13.7. The summed E-state index contributed by atoms with van der Waals surface area (Å²) in [4.78, 5) is 26.0. The molecule has 0 saturated carbocycles. The van der Waals surface area contributed by atoms with Gasteiger partial charge in [-0.25, -0.2) is 0 Å². The summed E-state index contributed by atoms with van der Waals surface area (Å²) in [6.07, 6.45) is 2.53. The molecule has 154 valence electrons. The average Bonchev–Trinajstić information content (AvgIpc) is 3.23. The van der Waals surface area contributed by atoms with Crippen LogP contribution < -0.4 is 10.6 Å². The predicted molar refractivity (Wildman–Crippen MR) is 112 cm³/mol. The molecule has 4 atom stereocenters. The lowest BCUT2D eigenvalue weighted by molar-refractivity contribution is -0.139. The Balaban J connectivity index is 2.00. The zero-order chi connectivity index (χ0) is 21.1. The van der Waals surface area contributed by atoms with Crippen LogP contribution >= 0.6 is 11.6 Å². The quantitative estimate of drug-likeness (QED) is 0.716. The summed E-state index contributed by atoms with van der Waals surface area (Å²) < 4.78 is 1.91. The zero-order valence-electron chi connectivity index (χ0n) is 17.0.